The van der Waals surface area contributed by atoms with Crippen molar-refractivity contribution in [2.75, 3.05) is 5.75 Å². The third-order valence-electron chi connectivity index (χ3n) is 3.91. The van der Waals surface area contributed by atoms with Gasteiger partial charge >= 0.3 is 0 Å². The minimum atomic E-state index is -2.98. The first-order valence-electron chi connectivity index (χ1n) is 8.49. The number of rotatable bonds is 12. The highest BCUT2D eigenvalue weighted by Crippen LogP contribution is 2.13. The van der Waals surface area contributed by atoms with E-state index >= 15 is 0 Å². The Morgan fingerprint density at radius 2 is 1.45 bits per heavy atom. The molecule has 3 heteroatoms. The van der Waals surface area contributed by atoms with Gasteiger partial charge in [0.2, 0.25) is 0 Å². The molecule has 1 rings (SSSR count). The monoisotopic (exact) mass is 322 g/mol. The van der Waals surface area contributed by atoms with Crippen LogP contribution in [0.4, 0.5) is 0 Å². The molecule has 124 valence electrons. The van der Waals surface area contributed by atoms with E-state index in [4.69, 9.17) is 0 Å². The van der Waals surface area contributed by atoms with Crippen LogP contribution in [0.25, 0.3) is 6.08 Å². The van der Waals surface area contributed by atoms with Crippen LogP contribution in [0, 0.1) is 0 Å². The van der Waals surface area contributed by atoms with Crippen LogP contribution in [-0.2, 0) is 15.6 Å². The van der Waals surface area contributed by atoms with E-state index in [1.165, 1.54) is 32.1 Å². The Kier molecular flexibility index (Phi) is 9.14. The molecule has 2 nitrogen and oxygen atoms in total. The number of unbranched alkanes of at least 4 members (excludes halogenated alkanes) is 7. The van der Waals surface area contributed by atoms with E-state index in [1.54, 1.807) is 6.08 Å². The summed E-state index contributed by atoms with van der Waals surface area (Å²) in [6.45, 7) is 5.92. The van der Waals surface area contributed by atoms with E-state index in [2.05, 4.69) is 13.5 Å². The summed E-state index contributed by atoms with van der Waals surface area (Å²) in [7, 11) is -2.98. The van der Waals surface area contributed by atoms with Crippen LogP contribution in [-0.4, -0.2) is 14.2 Å². The van der Waals surface area contributed by atoms with Gasteiger partial charge in [-0.3, -0.25) is 0 Å². The van der Waals surface area contributed by atoms with E-state index in [1.807, 2.05) is 24.3 Å². The molecule has 0 amide bonds. The van der Waals surface area contributed by atoms with Crippen LogP contribution < -0.4 is 0 Å². The molecule has 0 aliphatic heterocycles. The summed E-state index contributed by atoms with van der Waals surface area (Å²) in [6.07, 6.45) is 11.2. The molecule has 0 saturated heterocycles. The maximum Gasteiger partial charge on any atom is 0.154 e. The van der Waals surface area contributed by atoms with Gasteiger partial charge in [-0.1, -0.05) is 88.8 Å². The lowest BCUT2D eigenvalue weighted by molar-refractivity contribution is 0.572. The summed E-state index contributed by atoms with van der Waals surface area (Å²) < 4.78 is 24.2. The third-order valence-corrected chi connectivity index (χ3v) is 5.59. The molecule has 22 heavy (non-hydrogen) atoms. The number of hydrogen-bond acceptors (Lipinski definition) is 2. The average Bonchev–Trinajstić information content (AvgIpc) is 2.50. The lowest BCUT2D eigenvalue weighted by atomic mass is 10.1. The fourth-order valence-corrected chi connectivity index (χ4v) is 4.02. The zero-order valence-corrected chi connectivity index (χ0v) is 14.7. The maximum atomic E-state index is 12.1. The Hall–Kier alpha value is -1.09. The van der Waals surface area contributed by atoms with Gasteiger partial charge in [-0.2, -0.15) is 0 Å². The fraction of sp³-hybridized carbons (Fsp3) is 0.579. The predicted molar refractivity (Wildman–Crippen MR) is 96.6 cm³/mol. The molecule has 0 atom stereocenters. The van der Waals surface area contributed by atoms with E-state index in [0.29, 0.717) is 5.75 Å². The smallest absolute Gasteiger partial charge is 0.154 e. The number of sulfone groups is 1. The second-order valence-corrected chi connectivity index (χ2v) is 8.20. The van der Waals surface area contributed by atoms with Crippen molar-refractivity contribution in [1.82, 2.24) is 0 Å². The zero-order valence-electron chi connectivity index (χ0n) is 13.9. The normalized spacial score (nSPS) is 11.5. The van der Waals surface area contributed by atoms with Crippen LogP contribution >= 0.6 is 0 Å². The Bertz CT molecular complexity index is 515. The first kappa shape index (κ1) is 19.0. The van der Waals surface area contributed by atoms with Crippen molar-refractivity contribution in [2.24, 2.45) is 0 Å². The van der Waals surface area contributed by atoms with E-state index < -0.39 is 9.84 Å². The summed E-state index contributed by atoms with van der Waals surface area (Å²) in [5.41, 5.74) is 1.88. The van der Waals surface area contributed by atoms with Crippen LogP contribution in [0.5, 0.6) is 0 Å². The second-order valence-electron chi connectivity index (χ2n) is 6.01. The molecule has 0 spiro atoms. The minimum absolute atomic E-state index is 0.154. The average molecular weight is 323 g/mol. The van der Waals surface area contributed by atoms with Crippen LogP contribution in [0.15, 0.2) is 30.8 Å². The lowest BCUT2D eigenvalue weighted by Crippen LogP contribution is -2.09. The minimum Gasteiger partial charge on any atom is -0.228 e. The van der Waals surface area contributed by atoms with Crippen LogP contribution in [0.2, 0.25) is 0 Å². The highest BCUT2D eigenvalue weighted by molar-refractivity contribution is 7.90. The molecule has 0 aliphatic carbocycles. The van der Waals surface area contributed by atoms with E-state index in [0.717, 1.165) is 30.4 Å². The Balaban J connectivity index is 2.21. The van der Waals surface area contributed by atoms with Crippen molar-refractivity contribution in [1.29, 1.82) is 0 Å². The summed E-state index contributed by atoms with van der Waals surface area (Å²) in [6, 6.07) is 7.58. The standard InChI is InChI=1S/C19H30O2S/c1-3-5-6-7-8-9-10-11-16-22(20,21)17-19-14-12-18(4-2)13-15-19/h4,12-15H,2-3,5-11,16-17H2,1H3. The van der Waals surface area contributed by atoms with Crippen molar-refractivity contribution >= 4 is 15.9 Å². The van der Waals surface area contributed by atoms with Gasteiger partial charge in [-0.25, -0.2) is 8.42 Å². The van der Waals surface area contributed by atoms with Gasteiger partial charge in [-0.15, -0.1) is 0 Å². The maximum absolute atomic E-state index is 12.1. The highest BCUT2D eigenvalue weighted by atomic mass is 32.2. The van der Waals surface area contributed by atoms with Crippen molar-refractivity contribution in [3.8, 4) is 0 Å². The summed E-state index contributed by atoms with van der Waals surface area (Å²) in [5, 5.41) is 0. The Labute approximate surface area is 136 Å². The molecule has 1 aromatic carbocycles. The van der Waals surface area contributed by atoms with Crippen molar-refractivity contribution in [3.63, 3.8) is 0 Å². The van der Waals surface area contributed by atoms with Gasteiger partial charge in [0.1, 0.15) is 0 Å². The van der Waals surface area contributed by atoms with Crippen LogP contribution in [0.3, 0.4) is 0 Å². The topological polar surface area (TPSA) is 34.1 Å². The summed E-state index contributed by atoms with van der Waals surface area (Å²) in [4.78, 5) is 0. The quantitative estimate of drug-likeness (QED) is 0.484. The summed E-state index contributed by atoms with van der Waals surface area (Å²) >= 11 is 0. The van der Waals surface area contributed by atoms with Gasteiger partial charge in [0, 0.05) is 0 Å². The van der Waals surface area contributed by atoms with Gasteiger partial charge in [0.05, 0.1) is 11.5 Å². The lowest BCUT2D eigenvalue weighted by Gasteiger charge is -2.05. The van der Waals surface area contributed by atoms with E-state index in [-0.39, 0.29) is 5.75 Å². The number of benzene rings is 1. The Morgan fingerprint density at radius 3 is 2.00 bits per heavy atom. The van der Waals surface area contributed by atoms with Gasteiger partial charge in [0.25, 0.3) is 0 Å². The molecular formula is C19H30O2S. The zero-order chi connectivity index (χ0) is 16.3. The predicted octanol–water partition coefficient (Wildman–Crippen LogP) is 5.39. The highest BCUT2D eigenvalue weighted by Gasteiger charge is 2.11. The largest absolute Gasteiger partial charge is 0.228 e. The second kappa shape index (κ2) is 10.6. The van der Waals surface area contributed by atoms with Gasteiger partial charge in [-0.05, 0) is 17.5 Å². The van der Waals surface area contributed by atoms with Crippen molar-refractivity contribution < 1.29 is 8.42 Å². The molecule has 0 heterocycles. The third kappa shape index (κ3) is 8.38. The molecule has 0 fully saturated rings. The fourth-order valence-electron chi connectivity index (χ4n) is 2.53. The molecule has 1 aromatic rings. The SMILES string of the molecule is C=Cc1ccc(CS(=O)(=O)CCCCCCCCCC)cc1. The first-order chi connectivity index (χ1) is 10.6. The molecule has 0 bridgehead atoms. The van der Waals surface area contributed by atoms with Gasteiger partial charge in [0.15, 0.2) is 9.84 Å². The molecule has 0 aromatic heterocycles. The van der Waals surface area contributed by atoms with Crippen LogP contribution in [0.1, 0.15) is 69.4 Å². The Morgan fingerprint density at radius 1 is 0.909 bits per heavy atom. The number of hydrogen-bond donors (Lipinski definition) is 0. The molecule has 0 N–H and O–H groups in total. The molecule has 0 radical (unpaired) electrons. The first-order valence-corrected chi connectivity index (χ1v) is 10.3. The molecule has 0 aliphatic rings. The molecule has 0 saturated carbocycles. The molecule has 0 unspecified atom stereocenters. The van der Waals surface area contributed by atoms with Crippen molar-refractivity contribution in [2.45, 2.75) is 64.0 Å². The molecular weight excluding hydrogens is 292 g/mol. The summed E-state index contributed by atoms with van der Waals surface area (Å²) in [5.74, 6) is 0.464. The van der Waals surface area contributed by atoms with Gasteiger partial charge < -0.3 is 0 Å². The van der Waals surface area contributed by atoms with Crippen molar-refractivity contribution in [3.05, 3.63) is 42.0 Å². The van der Waals surface area contributed by atoms with E-state index in [9.17, 15) is 8.42 Å².